The molecule has 4 atom stereocenters. The first-order chi connectivity index (χ1) is 14.6. The van der Waals surface area contributed by atoms with Gasteiger partial charge in [0.15, 0.2) is 0 Å². The lowest BCUT2D eigenvalue weighted by Gasteiger charge is -2.37. The molecule has 1 spiro atoms. The van der Waals surface area contributed by atoms with Crippen molar-refractivity contribution in [3.8, 4) is 5.75 Å². The highest BCUT2D eigenvalue weighted by Crippen LogP contribution is 2.52. The van der Waals surface area contributed by atoms with E-state index in [0.29, 0.717) is 19.7 Å². The molecule has 160 valence electrons. The van der Waals surface area contributed by atoms with Crippen LogP contribution in [0, 0.1) is 11.8 Å². The van der Waals surface area contributed by atoms with Gasteiger partial charge < -0.3 is 24.2 Å². The molecule has 0 radical (unpaired) electrons. The number of carbonyl (C=O) groups is 2. The molecule has 7 heteroatoms. The Morgan fingerprint density at radius 3 is 2.70 bits per heavy atom. The molecule has 7 nitrogen and oxygen atoms in total. The van der Waals surface area contributed by atoms with Crippen molar-refractivity contribution in [1.29, 1.82) is 0 Å². The maximum atomic E-state index is 13.4. The minimum atomic E-state index is -0.653. The second-order valence-electron chi connectivity index (χ2n) is 8.58. The smallest absolute Gasteiger partial charge is 0.230 e. The lowest BCUT2D eigenvalue weighted by atomic mass is 9.76. The minimum Gasteiger partial charge on any atom is -0.492 e. The van der Waals surface area contributed by atoms with E-state index < -0.39 is 17.4 Å². The Morgan fingerprint density at radius 1 is 1.20 bits per heavy atom. The third-order valence-corrected chi connectivity index (χ3v) is 6.97. The van der Waals surface area contributed by atoms with Gasteiger partial charge in [-0.25, -0.2) is 0 Å². The van der Waals surface area contributed by atoms with E-state index in [4.69, 9.17) is 9.47 Å². The molecule has 0 N–H and O–H groups in total. The predicted octanol–water partition coefficient (Wildman–Crippen LogP) is 1.01. The highest BCUT2D eigenvalue weighted by atomic mass is 16.5. The van der Waals surface area contributed by atoms with Crippen LogP contribution in [0.4, 0.5) is 0 Å². The Morgan fingerprint density at radius 2 is 1.97 bits per heavy atom. The van der Waals surface area contributed by atoms with E-state index >= 15 is 0 Å². The number of para-hydroxylation sites is 1. The molecule has 1 aromatic rings. The number of rotatable bonds is 6. The highest BCUT2D eigenvalue weighted by molar-refractivity contribution is 5.93. The summed E-state index contributed by atoms with van der Waals surface area (Å²) in [5.41, 5.74) is -0.653. The normalized spacial score (nSPS) is 32.7. The number of ether oxygens (including phenoxy) is 2. The highest BCUT2D eigenvalue weighted by Gasteiger charge is 2.67. The first-order valence-electron chi connectivity index (χ1n) is 11.0. The van der Waals surface area contributed by atoms with Crippen LogP contribution in [0.15, 0.2) is 42.5 Å². The van der Waals surface area contributed by atoms with Crippen LogP contribution in [-0.4, -0.2) is 90.6 Å². The molecule has 0 aliphatic carbocycles. The number of benzene rings is 1. The van der Waals surface area contributed by atoms with E-state index in [0.717, 1.165) is 38.5 Å². The molecule has 4 heterocycles. The molecule has 4 aliphatic rings. The Kier molecular flexibility index (Phi) is 5.03. The third kappa shape index (κ3) is 3.20. The number of fused-ring (bicyclic) bond motifs is 1. The molecule has 1 aromatic carbocycles. The Hall–Kier alpha value is -2.38. The molecule has 2 bridgehead atoms. The van der Waals surface area contributed by atoms with E-state index in [2.05, 4.69) is 11.8 Å². The van der Waals surface area contributed by atoms with Gasteiger partial charge >= 0.3 is 0 Å². The molecular formula is C23H29N3O4. The molecule has 4 aliphatic heterocycles. The fourth-order valence-corrected chi connectivity index (χ4v) is 5.34. The summed E-state index contributed by atoms with van der Waals surface area (Å²) in [6, 6.07) is 9.59. The number of hydrogen-bond acceptors (Lipinski definition) is 5. The Balaban J connectivity index is 1.25. The lowest BCUT2D eigenvalue weighted by Crippen LogP contribution is -2.53. The zero-order valence-corrected chi connectivity index (χ0v) is 17.4. The van der Waals surface area contributed by atoms with Crippen molar-refractivity contribution in [2.24, 2.45) is 11.8 Å². The van der Waals surface area contributed by atoms with Crippen molar-refractivity contribution in [1.82, 2.24) is 14.7 Å². The van der Waals surface area contributed by atoms with E-state index in [9.17, 15) is 9.59 Å². The van der Waals surface area contributed by atoms with Crippen LogP contribution in [0.1, 0.15) is 6.92 Å². The van der Waals surface area contributed by atoms with Crippen LogP contribution >= 0.6 is 0 Å². The van der Waals surface area contributed by atoms with Crippen molar-refractivity contribution in [3.63, 3.8) is 0 Å². The van der Waals surface area contributed by atoms with E-state index in [1.165, 1.54) is 0 Å². The van der Waals surface area contributed by atoms with Crippen LogP contribution in [0.25, 0.3) is 0 Å². The van der Waals surface area contributed by atoms with Crippen LogP contribution in [0.3, 0.4) is 0 Å². The minimum absolute atomic E-state index is 0.0176. The second-order valence-corrected chi connectivity index (χ2v) is 8.58. The second kappa shape index (κ2) is 7.71. The van der Waals surface area contributed by atoms with Gasteiger partial charge in [-0.15, -0.1) is 0 Å². The lowest BCUT2D eigenvalue weighted by molar-refractivity contribution is -0.144. The van der Waals surface area contributed by atoms with Gasteiger partial charge in [-0.05, 0) is 18.7 Å². The van der Waals surface area contributed by atoms with Crippen molar-refractivity contribution in [2.75, 3.05) is 52.4 Å². The van der Waals surface area contributed by atoms with Gasteiger partial charge in [0.1, 0.15) is 18.0 Å². The summed E-state index contributed by atoms with van der Waals surface area (Å²) >= 11 is 0. The number of likely N-dealkylation sites (N-methyl/N-ethyl adjacent to an activating group) is 1. The number of amides is 2. The first kappa shape index (κ1) is 19.6. The van der Waals surface area contributed by atoms with Gasteiger partial charge in [0.25, 0.3) is 0 Å². The Labute approximate surface area is 177 Å². The summed E-state index contributed by atoms with van der Waals surface area (Å²) in [6.07, 6.45) is 3.72. The SMILES string of the molecule is CCN1CCN(C(=O)[C@H]2[C@@H]3C=C[C@@]4(CN(CCOc5ccccc5)C(=O)[C@H]24)O3)CC1. The number of piperazine rings is 1. The molecule has 0 aromatic heterocycles. The summed E-state index contributed by atoms with van der Waals surface area (Å²) in [7, 11) is 0. The van der Waals surface area contributed by atoms with Crippen molar-refractivity contribution in [2.45, 2.75) is 18.6 Å². The maximum Gasteiger partial charge on any atom is 0.230 e. The third-order valence-electron chi connectivity index (χ3n) is 6.97. The quantitative estimate of drug-likeness (QED) is 0.654. The van der Waals surface area contributed by atoms with Crippen molar-refractivity contribution < 1.29 is 19.1 Å². The van der Waals surface area contributed by atoms with Crippen LogP contribution < -0.4 is 4.74 Å². The molecule has 3 saturated heterocycles. The average molecular weight is 412 g/mol. The van der Waals surface area contributed by atoms with Gasteiger partial charge in [0, 0.05) is 26.2 Å². The number of likely N-dealkylation sites (tertiary alicyclic amines) is 1. The molecule has 3 fully saturated rings. The first-order valence-corrected chi connectivity index (χ1v) is 11.0. The summed E-state index contributed by atoms with van der Waals surface area (Å²) in [5, 5.41) is 0. The van der Waals surface area contributed by atoms with Gasteiger partial charge in [0.2, 0.25) is 11.8 Å². The topological polar surface area (TPSA) is 62.3 Å². The summed E-state index contributed by atoms with van der Waals surface area (Å²) in [6.45, 7) is 7.78. The van der Waals surface area contributed by atoms with Gasteiger partial charge in [0.05, 0.1) is 31.0 Å². The van der Waals surface area contributed by atoms with Crippen molar-refractivity contribution >= 4 is 11.8 Å². The largest absolute Gasteiger partial charge is 0.492 e. The molecule has 2 amide bonds. The molecule has 30 heavy (non-hydrogen) atoms. The molecular weight excluding hydrogens is 382 g/mol. The standard InChI is InChI=1S/C23H29N3O4/c1-2-24-10-12-25(13-11-24)21(27)19-18-8-9-23(30-18)16-26(22(28)20(19)23)14-15-29-17-6-4-3-5-7-17/h3-9,18-20H,2,10-16H2,1H3/t18-,19-,20-,23-/m0/s1. The number of carbonyl (C=O) groups excluding carboxylic acids is 2. The average Bonchev–Trinajstić information content (AvgIpc) is 3.42. The van der Waals surface area contributed by atoms with Crippen LogP contribution in [0.5, 0.6) is 5.75 Å². The Bertz CT molecular complexity index is 836. The zero-order chi connectivity index (χ0) is 20.7. The summed E-state index contributed by atoms with van der Waals surface area (Å²) in [4.78, 5) is 32.7. The predicted molar refractivity (Wildman–Crippen MR) is 111 cm³/mol. The summed E-state index contributed by atoms with van der Waals surface area (Å²) in [5.74, 6) is 0.0577. The summed E-state index contributed by atoms with van der Waals surface area (Å²) < 4.78 is 12.0. The molecule has 5 rings (SSSR count). The van der Waals surface area contributed by atoms with Crippen LogP contribution in [-0.2, 0) is 14.3 Å². The van der Waals surface area contributed by atoms with Crippen LogP contribution in [0.2, 0.25) is 0 Å². The van der Waals surface area contributed by atoms with E-state index in [1.54, 1.807) is 4.90 Å². The molecule has 0 saturated carbocycles. The van der Waals surface area contributed by atoms with E-state index in [1.807, 2.05) is 47.4 Å². The number of hydrogen-bond donors (Lipinski definition) is 0. The van der Waals surface area contributed by atoms with Crippen molar-refractivity contribution in [3.05, 3.63) is 42.5 Å². The fourth-order valence-electron chi connectivity index (χ4n) is 5.34. The van der Waals surface area contributed by atoms with Gasteiger partial charge in [-0.1, -0.05) is 37.3 Å². The monoisotopic (exact) mass is 411 g/mol. The fraction of sp³-hybridized carbons (Fsp3) is 0.565. The van der Waals surface area contributed by atoms with Gasteiger partial charge in [-0.2, -0.15) is 0 Å². The van der Waals surface area contributed by atoms with Gasteiger partial charge in [-0.3, -0.25) is 9.59 Å². The number of nitrogens with zero attached hydrogens (tertiary/aromatic N) is 3. The zero-order valence-electron chi connectivity index (χ0n) is 17.4. The van der Waals surface area contributed by atoms with E-state index in [-0.39, 0.29) is 17.9 Å². The molecule has 0 unspecified atom stereocenters. The maximum absolute atomic E-state index is 13.4.